The maximum Gasteiger partial charge on any atom is 0.335 e. The zero-order valence-electron chi connectivity index (χ0n) is 13.5. The van der Waals surface area contributed by atoms with Gasteiger partial charge in [-0.1, -0.05) is 47.6 Å². The van der Waals surface area contributed by atoms with Crippen LogP contribution in [0.25, 0.3) is 0 Å². The molecule has 0 aliphatic heterocycles. The van der Waals surface area contributed by atoms with Crippen molar-refractivity contribution in [1.29, 1.82) is 0 Å². The number of carboxylic acids is 1. The summed E-state index contributed by atoms with van der Waals surface area (Å²) in [6.45, 7) is 13.1. The van der Waals surface area contributed by atoms with Gasteiger partial charge < -0.3 is 5.11 Å². The van der Waals surface area contributed by atoms with Crippen LogP contribution in [0.3, 0.4) is 0 Å². The molecule has 2 nitrogen and oxygen atoms in total. The van der Waals surface area contributed by atoms with Crippen molar-refractivity contribution in [3.8, 4) is 0 Å². The Hall–Kier alpha value is -1.31. The summed E-state index contributed by atoms with van der Waals surface area (Å²) in [5.41, 5.74) is 4.18. The van der Waals surface area contributed by atoms with Crippen molar-refractivity contribution in [2.75, 3.05) is 0 Å². The first-order valence-corrected chi connectivity index (χ1v) is 7.48. The fraction of sp³-hybridized carbons (Fsp3) is 0.611. The molecule has 2 rings (SSSR count). The summed E-state index contributed by atoms with van der Waals surface area (Å²) in [6, 6.07) is 4.10. The van der Waals surface area contributed by atoms with Gasteiger partial charge in [-0.05, 0) is 52.3 Å². The van der Waals surface area contributed by atoms with Gasteiger partial charge in [0.05, 0.1) is 5.56 Å². The summed E-state index contributed by atoms with van der Waals surface area (Å²) in [5.74, 6) is -0.581. The molecule has 0 saturated carbocycles. The Kier molecular flexibility index (Phi) is 3.48. The molecule has 1 aromatic rings. The first-order valence-electron chi connectivity index (χ1n) is 7.48. The van der Waals surface area contributed by atoms with Crippen LogP contribution in [0.15, 0.2) is 12.1 Å². The molecule has 0 fully saturated rings. The van der Waals surface area contributed by atoms with E-state index >= 15 is 0 Å². The molecule has 0 amide bonds. The smallest absolute Gasteiger partial charge is 0.335 e. The molecule has 1 aliphatic carbocycles. The lowest BCUT2D eigenvalue weighted by atomic mass is 9.62. The van der Waals surface area contributed by atoms with E-state index in [0.29, 0.717) is 5.56 Å². The van der Waals surface area contributed by atoms with Crippen LogP contribution in [0.1, 0.15) is 87.4 Å². The number of carbonyl (C=O) groups is 1. The fourth-order valence-electron chi connectivity index (χ4n) is 3.29. The van der Waals surface area contributed by atoms with E-state index in [0.717, 1.165) is 18.4 Å². The first kappa shape index (κ1) is 15.1. The predicted octanol–water partition coefficient (Wildman–Crippen LogP) is 4.86. The van der Waals surface area contributed by atoms with E-state index in [4.69, 9.17) is 0 Å². The molecule has 0 atom stereocenters. The molecule has 0 radical (unpaired) electrons. The number of hydrogen-bond donors (Lipinski definition) is 1. The minimum absolute atomic E-state index is 0.0601. The van der Waals surface area contributed by atoms with Gasteiger partial charge in [-0.3, -0.25) is 0 Å². The fourth-order valence-corrected chi connectivity index (χ4v) is 3.29. The number of aromatic carboxylic acids is 1. The molecule has 20 heavy (non-hydrogen) atoms. The number of benzene rings is 1. The summed E-state index contributed by atoms with van der Waals surface area (Å²) in [5, 5.41) is 9.52. The number of hydrogen-bond acceptors (Lipinski definition) is 1. The lowest BCUT2D eigenvalue weighted by Gasteiger charge is -2.42. The summed E-state index contributed by atoms with van der Waals surface area (Å²) < 4.78 is 0. The molecule has 1 aliphatic rings. The lowest BCUT2D eigenvalue weighted by Crippen LogP contribution is -2.34. The van der Waals surface area contributed by atoms with Crippen LogP contribution in [0.2, 0.25) is 0 Å². The van der Waals surface area contributed by atoms with Crippen molar-refractivity contribution in [2.24, 2.45) is 0 Å². The summed E-state index contributed by atoms with van der Waals surface area (Å²) in [6.07, 6.45) is 2.25. The van der Waals surface area contributed by atoms with E-state index in [2.05, 4.69) is 47.6 Å². The van der Waals surface area contributed by atoms with Gasteiger partial charge in [-0.2, -0.15) is 0 Å². The van der Waals surface area contributed by atoms with Gasteiger partial charge in [0, 0.05) is 0 Å². The van der Waals surface area contributed by atoms with E-state index < -0.39 is 5.97 Å². The highest BCUT2D eigenvalue weighted by Crippen LogP contribution is 2.47. The molecule has 0 bridgehead atoms. The Balaban J connectivity index is 2.77. The second kappa shape index (κ2) is 4.61. The van der Waals surface area contributed by atoms with Crippen LogP contribution in [0.5, 0.6) is 0 Å². The molecule has 110 valence electrons. The summed E-state index contributed by atoms with van der Waals surface area (Å²) in [7, 11) is 0. The topological polar surface area (TPSA) is 37.3 Å². The van der Waals surface area contributed by atoms with Crippen molar-refractivity contribution in [1.82, 2.24) is 0 Å². The van der Waals surface area contributed by atoms with E-state index in [1.807, 2.05) is 6.07 Å². The van der Waals surface area contributed by atoms with Crippen LogP contribution in [-0.4, -0.2) is 11.1 Å². The van der Waals surface area contributed by atoms with Gasteiger partial charge >= 0.3 is 5.97 Å². The molecule has 2 heteroatoms. The Bertz CT molecular complexity index is 551. The van der Waals surface area contributed by atoms with Gasteiger partial charge in [0.25, 0.3) is 0 Å². The summed E-state index contributed by atoms with van der Waals surface area (Å²) in [4.78, 5) is 11.6. The zero-order chi connectivity index (χ0) is 15.3. The monoisotopic (exact) mass is 274 g/mol. The Morgan fingerprint density at radius 3 is 1.90 bits per heavy atom. The Morgan fingerprint density at radius 1 is 1.05 bits per heavy atom. The second-order valence-corrected chi connectivity index (χ2v) is 7.71. The van der Waals surface area contributed by atoms with Crippen molar-refractivity contribution in [3.05, 3.63) is 34.4 Å². The molecule has 0 aromatic heterocycles. The molecule has 0 saturated heterocycles. The molecular weight excluding hydrogens is 248 g/mol. The van der Waals surface area contributed by atoms with E-state index in [1.54, 1.807) is 0 Å². The maximum absolute atomic E-state index is 11.6. The summed E-state index contributed by atoms with van der Waals surface area (Å²) >= 11 is 0. The average Bonchev–Trinajstić information content (AvgIpc) is 2.33. The third kappa shape index (κ3) is 2.36. The predicted molar refractivity (Wildman–Crippen MR) is 82.8 cm³/mol. The number of rotatable bonds is 2. The largest absolute Gasteiger partial charge is 0.478 e. The van der Waals surface area contributed by atoms with E-state index in [9.17, 15) is 9.90 Å². The van der Waals surface area contributed by atoms with E-state index in [-0.39, 0.29) is 16.7 Å². The number of fused-ring (bicyclic) bond motifs is 1. The normalized spacial score (nSPS) is 19.8. The highest BCUT2D eigenvalue weighted by molar-refractivity contribution is 5.90. The molecule has 0 unspecified atom stereocenters. The molecule has 1 N–H and O–H groups in total. The third-order valence-corrected chi connectivity index (χ3v) is 4.88. The standard InChI is InChI=1S/C18H26O2/c1-11(2)12-9-14-15(10-13(12)16(19)20)18(5,6)8-7-17(14,3)4/h9-11H,7-8H2,1-6H3,(H,19,20). The van der Waals surface area contributed by atoms with E-state index in [1.165, 1.54) is 11.1 Å². The van der Waals surface area contributed by atoms with Gasteiger partial charge in [-0.25, -0.2) is 4.79 Å². The second-order valence-electron chi connectivity index (χ2n) is 7.71. The van der Waals surface area contributed by atoms with Crippen molar-refractivity contribution < 1.29 is 9.90 Å². The van der Waals surface area contributed by atoms with Crippen LogP contribution in [0, 0.1) is 0 Å². The van der Waals surface area contributed by atoms with Crippen LogP contribution in [-0.2, 0) is 10.8 Å². The Morgan fingerprint density at radius 2 is 1.50 bits per heavy atom. The number of carboxylic acid groups (broad SMARTS) is 1. The van der Waals surface area contributed by atoms with Gasteiger partial charge in [0.2, 0.25) is 0 Å². The van der Waals surface area contributed by atoms with Crippen LogP contribution in [0.4, 0.5) is 0 Å². The highest BCUT2D eigenvalue weighted by atomic mass is 16.4. The minimum Gasteiger partial charge on any atom is -0.478 e. The van der Waals surface area contributed by atoms with Crippen LogP contribution >= 0.6 is 0 Å². The van der Waals surface area contributed by atoms with Crippen molar-refractivity contribution >= 4 is 5.97 Å². The van der Waals surface area contributed by atoms with Crippen molar-refractivity contribution in [3.63, 3.8) is 0 Å². The molecular formula is C18H26O2. The Labute approximate surface area is 122 Å². The van der Waals surface area contributed by atoms with Gasteiger partial charge in [0.1, 0.15) is 0 Å². The maximum atomic E-state index is 11.6. The lowest BCUT2D eigenvalue weighted by molar-refractivity contribution is 0.0695. The third-order valence-electron chi connectivity index (χ3n) is 4.88. The van der Waals surface area contributed by atoms with Crippen LogP contribution < -0.4 is 0 Å². The SMILES string of the molecule is CC(C)c1cc2c(cc1C(=O)O)C(C)(C)CCC2(C)C. The van der Waals surface area contributed by atoms with Gasteiger partial charge in [0.15, 0.2) is 0 Å². The first-order chi connectivity index (χ1) is 9.06. The molecule has 0 spiro atoms. The molecule has 1 aromatic carbocycles. The van der Waals surface area contributed by atoms with Crippen molar-refractivity contribution in [2.45, 2.75) is 71.1 Å². The quantitative estimate of drug-likeness (QED) is 0.836. The highest BCUT2D eigenvalue weighted by Gasteiger charge is 2.38. The molecule has 0 heterocycles. The average molecular weight is 274 g/mol. The minimum atomic E-state index is -0.810. The zero-order valence-corrected chi connectivity index (χ0v) is 13.5. The van der Waals surface area contributed by atoms with Gasteiger partial charge in [-0.15, -0.1) is 0 Å².